The summed E-state index contributed by atoms with van der Waals surface area (Å²) in [6, 6.07) is 0. The topological polar surface area (TPSA) is 57.8 Å². The fraction of sp³-hybridized carbons (Fsp3) is 0.571. The second-order valence-corrected chi connectivity index (χ2v) is 4.39. The molecule has 4 heteroatoms. The highest BCUT2D eigenvalue weighted by Gasteiger charge is 1.95. The normalized spacial score (nSPS) is 10.9. The van der Waals surface area contributed by atoms with Crippen LogP contribution in [0, 0.1) is 0 Å². The number of carbonyl (C=O) groups excluding carboxylic acids is 1. The molecule has 0 bridgehead atoms. The number of amides is 1. The largest absolute Gasteiger partial charge is 0.353 e. The number of hydrogen-bond acceptors (Lipinski definition) is 2. The Kier molecular flexibility index (Phi) is 7.60. The molecule has 0 aromatic carbocycles. The molecule has 0 spiro atoms. The van der Waals surface area contributed by atoms with Gasteiger partial charge < -0.3 is 10.3 Å². The third-order valence-electron chi connectivity index (χ3n) is 2.75. The first kappa shape index (κ1) is 14.5. The quantitative estimate of drug-likeness (QED) is 0.522. The molecule has 1 rings (SSSR count). The van der Waals surface area contributed by atoms with E-state index in [1.165, 1.54) is 38.2 Å². The fourth-order valence-corrected chi connectivity index (χ4v) is 1.70. The van der Waals surface area contributed by atoms with E-state index in [9.17, 15) is 4.79 Å². The second-order valence-electron chi connectivity index (χ2n) is 4.39. The molecule has 0 aliphatic carbocycles. The van der Waals surface area contributed by atoms with Crippen LogP contribution in [0.3, 0.4) is 0 Å². The van der Waals surface area contributed by atoms with Crippen molar-refractivity contribution in [1.29, 1.82) is 0 Å². The molecule has 0 unspecified atom stereocenters. The minimum atomic E-state index is -0.0495. The van der Waals surface area contributed by atoms with Gasteiger partial charge in [-0.25, -0.2) is 4.98 Å². The van der Waals surface area contributed by atoms with Crippen molar-refractivity contribution < 1.29 is 4.79 Å². The molecule has 1 amide bonds. The van der Waals surface area contributed by atoms with E-state index in [1.807, 2.05) is 0 Å². The van der Waals surface area contributed by atoms with Crippen LogP contribution in [0.5, 0.6) is 0 Å². The summed E-state index contributed by atoms with van der Waals surface area (Å²) in [5.41, 5.74) is 0.768. The van der Waals surface area contributed by atoms with E-state index in [4.69, 9.17) is 0 Å². The number of hydrogen-bond donors (Lipinski definition) is 2. The van der Waals surface area contributed by atoms with Crippen LogP contribution >= 0.6 is 0 Å². The molecular weight excluding hydrogens is 226 g/mol. The Morgan fingerprint density at radius 2 is 2.11 bits per heavy atom. The lowest BCUT2D eigenvalue weighted by Gasteiger charge is -2.02. The van der Waals surface area contributed by atoms with Crippen LogP contribution in [0.1, 0.15) is 51.1 Å². The zero-order valence-electron chi connectivity index (χ0n) is 11.1. The number of carbonyl (C=O) groups is 1. The summed E-state index contributed by atoms with van der Waals surface area (Å²) >= 11 is 0. The molecule has 100 valence electrons. The van der Waals surface area contributed by atoms with Gasteiger partial charge in [0.1, 0.15) is 0 Å². The lowest BCUT2D eigenvalue weighted by Crippen LogP contribution is -2.21. The molecule has 0 saturated heterocycles. The number of nitrogens with one attached hydrogen (secondary N) is 2. The van der Waals surface area contributed by atoms with Crippen LogP contribution in [0.25, 0.3) is 6.08 Å². The molecule has 1 aromatic heterocycles. The molecule has 2 N–H and O–H groups in total. The van der Waals surface area contributed by atoms with Crippen LogP contribution in [-0.2, 0) is 4.79 Å². The van der Waals surface area contributed by atoms with Crippen molar-refractivity contribution in [3.05, 3.63) is 24.3 Å². The molecule has 4 nitrogen and oxygen atoms in total. The zero-order valence-corrected chi connectivity index (χ0v) is 11.1. The van der Waals surface area contributed by atoms with Crippen LogP contribution in [0.15, 0.2) is 18.6 Å². The summed E-state index contributed by atoms with van der Waals surface area (Å²) in [5, 5.41) is 2.87. The Morgan fingerprint density at radius 3 is 2.83 bits per heavy atom. The maximum Gasteiger partial charge on any atom is 0.244 e. The van der Waals surface area contributed by atoms with E-state index in [2.05, 4.69) is 22.2 Å². The summed E-state index contributed by atoms with van der Waals surface area (Å²) in [6.07, 6.45) is 14.0. The van der Waals surface area contributed by atoms with Crippen molar-refractivity contribution in [1.82, 2.24) is 15.3 Å². The van der Waals surface area contributed by atoms with Gasteiger partial charge in [-0.15, -0.1) is 0 Å². The van der Waals surface area contributed by atoms with Crippen molar-refractivity contribution in [2.75, 3.05) is 6.54 Å². The molecule has 0 fully saturated rings. The fourth-order valence-electron chi connectivity index (χ4n) is 1.70. The average Bonchev–Trinajstić information content (AvgIpc) is 2.88. The molecule has 0 radical (unpaired) electrons. The lowest BCUT2D eigenvalue weighted by molar-refractivity contribution is -0.116. The van der Waals surface area contributed by atoms with Gasteiger partial charge in [-0.05, 0) is 12.5 Å². The highest BCUT2D eigenvalue weighted by atomic mass is 16.1. The van der Waals surface area contributed by atoms with Gasteiger partial charge in [0, 0.05) is 18.8 Å². The van der Waals surface area contributed by atoms with E-state index < -0.39 is 0 Å². The van der Waals surface area contributed by atoms with Crippen molar-refractivity contribution >= 4 is 12.0 Å². The molecule has 0 aliphatic rings. The molecule has 0 atom stereocenters. The third kappa shape index (κ3) is 6.89. The van der Waals surface area contributed by atoms with Gasteiger partial charge in [0.05, 0.1) is 12.0 Å². The SMILES string of the molecule is CCCCCCCCNC(=O)C=Cc1c[nH]cn1. The summed E-state index contributed by atoms with van der Waals surface area (Å²) in [7, 11) is 0. The first-order valence-corrected chi connectivity index (χ1v) is 6.77. The van der Waals surface area contributed by atoms with Crippen molar-refractivity contribution in [3.63, 3.8) is 0 Å². The van der Waals surface area contributed by atoms with Crippen LogP contribution in [0.2, 0.25) is 0 Å². The maximum atomic E-state index is 11.4. The number of aromatic nitrogens is 2. The van der Waals surface area contributed by atoms with E-state index in [0.29, 0.717) is 0 Å². The van der Waals surface area contributed by atoms with E-state index in [0.717, 1.165) is 18.7 Å². The molecule has 0 saturated carbocycles. The van der Waals surface area contributed by atoms with Crippen LogP contribution < -0.4 is 5.32 Å². The van der Waals surface area contributed by atoms with E-state index in [-0.39, 0.29) is 5.91 Å². The number of nitrogens with zero attached hydrogens (tertiary/aromatic N) is 1. The van der Waals surface area contributed by atoms with Gasteiger partial charge in [0.2, 0.25) is 5.91 Å². The molecular formula is C14H23N3O. The Morgan fingerprint density at radius 1 is 1.33 bits per heavy atom. The van der Waals surface area contributed by atoms with Crippen molar-refractivity contribution in [2.24, 2.45) is 0 Å². The molecule has 18 heavy (non-hydrogen) atoms. The minimum absolute atomic E-state index is 0.0495. The van der Waals surface area contributed by atoms with Gasteiger partial charge in [-0.3, -0.25) is 4.79 Å². The standard InChI is InChI=1S/C14H23N3O/c1-2-3-4-5-6-7-10-16-14(18)9-8-13-11-15-12-17-13/h8-9,11-12H,2-7,10H2,1H3,(H,15,17)(H,16,18). The van der Waals surface area contributed by atoms with Gasteiger partial charge in [0.15, 0.2) is 0 Å². The number of unbranched alkanes of at least 4 members (excludes halogenated alkanes) is 5. The second kappa shape index (κ2) is 9.45. The average molecular weight is 249 g/mol. The Bertz CT molecular complexity index is 344. The molecule has 1 heterocycles. The Hall–Kier alpha value is -1.58. The van der Waals surface area contributed by atoms with Gasteiger partial charge in [0.25, 0.3) is 0 Å². The predicted octanol–water partition coefficient (Wildman–Crippen LogP) is 2.90. The predicted molar refractivity (Wildman–Crippen MR) is 74.0 cm³/mol. The molecule has 0 aliphatic heterocycles. The first-order valence-electron chi connectivity index (χ1n) is 6.77. The Balaban J connectivity index is 2.00. The first-order chi connectivity index (χ1) is 8.83. The van der Waals surface area contributed by atoms with Crippen LogP contribution in [-0.4, -0.2) is 22.4 Å². The van der Waals surface area contributed by atoms with Crippen molar-refractivity contribution in [2.45, 2.75) is 45.4 Å². The zero-order chi connectivity index (χ0) is 13.1. The summed E-state index contributed by atoms with van der Waals surface area (Å²) in [4.78, 5) is 18.3. The van der Waals surface area contributed by atoms with Crippen LogP contribution in [0.4, 0.5) is 0 Å². The van der Waals surface area contributed by atoms with Gasteiger partial charge in [-0.2, -0.15) is 0 Å². The highest BCUT2D eigenvalue weighted by Crippen LogP contribution is 2.04. The van der Waals surface area contributed by atoms with Gasteiger partial charge >= 0.3 is 0 Å². The number of aromatic amines is 1. The summed E-state index contributed by atoms with van der Waals surface area (Å²) < 4.78 is 0. The third-order valence-corrected chi connectivity index (χ3v) is 2.75. The summed E-state index contributed by atoms with van der Waals surface area (Å²) in [6.45, 7) is 2.97. The summed E-state index contributed by atoms with van der Waals surface area (Å²) in [5.74, 6) is -0.0495. The van der Waals surface area contributed by atoms with Crippen molar-refractivity contribution in [3.8, 4) is 0 Å². The number of imidazole rings is 1. The smallest absolute Gasteiger partial charge is 0.244 e. The van der Waals surface area contributed by atoms with Gasteiger partial charge in [-0.1, -0.05) is 39.0 Å². The highest BCUT2D eigenvalue weighted by molar-refractivity contribution is 5.91. The maximum absolute atomic E-state index is 11.4. The number of H-pyrrole nitrogens is 1. The minimum Gasteiger partial charge on any atom is -0.353 e. The molecule has 1 aromatic rings. The number of rotatable bonds is 9. The van der Waals surface area contributed by atoms with E-state index in [1.54, 1.807) is 18.6 Å². The lowest BCUT2D eigenvalue weighted by atomic mass is 10.1. The van der Waals surface area contributed by atoms with E-state index >= 15 is 0 Å². The Labute approximate surface area is 109 Å². The monoisotopic (exact) mass is 249 g/mol.